The van der Waals surface area contributed by atoms with Gasteiger partial charge in [-0.15, -0.1) is 22.7 Å². The number of anilines is 3. The maximum Gasteiger partial charge on any atom is 0.135 e. The average Bonchev–Trinajstić information content (AvgIpc) is 3.95. The van der Waals surface area contributed by atoms with Crippen LogP contribution in [0.25, 0.3) is 95.3 Å². The fourth-order valence-corrected chi connectivity index (χ4v) is 11.0. The first-order valence-corrected chi connectivity index (χ1v) is 20.5. The number of rotatable bonds is 5. The molecule has 0 bridgehead atoms. The van der Waals surface area contributed by atoms with Crippen LogP contribution in [0.3, 0.4) is 0 Å². The molecule has 0 amide bonds. The molecule has 0 N–H and O–H groups in total. The van der Waals surface area contributed by atoms with Crippen molar-refractivity contribution in [2.24, 2.45) is 0 Å². The Labute approximate surface area is 330 Å². The highest BCUT2D eigenvalue weighted by atomic mass is 32.1. The molecule has 0 unspecified atom stereocenters. The summed E-state index contributed by atoms with van der Waals surface area (Å²) in [5, 5.41) is 9.93. The van der Waals surface area contributed by atoms with E-state index in [1.54, 1.807) is 0 Å². The van der Waals surface area contributed by atoms with Crippen LogP contribution >= 0.6 is 22.7 Å². The van der Waals surface area contributed by atoms with Gasteiger partial charge in [0.2, 0.25) is 0 Å². The summed E-state index contributed by atoms with van der Waals surface area (Å²) >= 11 is 3.77. The lowest BCUT2D eigenvalue weighted by molar-refractivity contribution is 0.669. The normalized spacial score (nSPS) is 11.9. The van der Waals surface area contributed by atoms with Gasteiger partial charge in [-0.2, -0.15) is 0 Å². The van der Waals surface area contributed by atoms with E-state index in [1.807, 2.05) is 34.8 Å². The molecule has 0 spiro atoms. The van der Waals surface area contributed by atoms with Crippen molar-refractivity contribution < 1.29 is 4.42 Å². The highest BCUT2D eigenvalue weighted by molar-refractivity contribution is 7.27. The van der Waals surface area contributed by atoms with Gasteiger partial charge < -0.3 is 9.32 Å². The molecule has 0 saturated carbocycles. The molecule has 0 fully saturated rings. The van der Waals surface area contributed by atoms with Gasteiger partial charge in [0.1, 0.15) is 11.2 Å². The maximum absolute atomic E-state index is 6.17. The summed E-state index contributed by atoms with van der Waals surface area (Å²) in [6.45, 7) is 0. The number of thiophene rings is 2. The molecule has 2 nitrogen and oxygen atoms in total. The van der Waals surface area contributed by atoms with Crippen molar-refractivity contribution in [2.75, 3.05) is 4.90 Å². The Balaban J connectivity index is 1.00. The smallest absolute Gasteiger partial charge is 0.135 e. The Hall–Kier alpha value is -6.72. The van der Waals surface area contributed by atoms with E-state index >= 15 is 0 Å². The van der Waals surface area contributed by atoms with E-state index in [0.717, 1.165) is 39.0 Å². The molecule has 9 aromatic carbocycles. The van der Waals surface area contributed by atoms with Gasteiger partial charge in [-0.1, -0.05) is 115 Å². The number of para-hydroxylation sites is 2. The minimum absolute atomic E-state index is 0.922. The van der Waals surface area contributed by atoms with Crippen molar-refractivity contribution in [1.82, 2.24) is 0 Å². The second-order valence-electron chi connectivity index (χ2n) is 14.5. The fourth-order valence-electron chi connectivity index (χ4n) is 8.58. The third-order valence-corrected chi connectivity index (χ3v) is 13.7. The predicted molar refractivity (Wildman–Crippen MR) is 243 cm³/mol. The summed E-state index contributed by atoms with van der Waals surface area (Å²) in [5.41, 5.74) is 10.2. The van der Waals surface area contributed by atoms with E-state index in [1.165, 1.54) is 73.4 Å². The number of furan rings is 1. The van der Waals surface area contributed by atoms with Crippen LogP contribution in [0.4, 0.5) is 17.1 Å². The van der Waals surface area contributed by atoms with E-state index in [0.29, 0.717) is 0 Å². The van der Waals surface area contributed by atoms with Gasteiger partial charge in [0, 0.05) is 68.2 Å². The zero-order valence-electron chi connectivity index (χ0n) is 30.1. The van der Waals surface area contributed by atoms with Crippen LogP contribution in [0.5, 0.6) is 0 Å². The number of benzene rings is 9. The summed E-state index contributed by atoms with van der Waals surface area (Å²) in [5.74, 6) is 0. The van der Waals surface area contributed by atoms with Crippen LogP contribution in [0.1, 0.15) is 0 Å². The quantitative estimate of drug-likeness (QED) is 0.174. The van der Waals surface area contributed by atoms with Gasteiger partial charge in [-0.25, -0.2) is 0 Å². The second-order valence-corrected chi connectivity index (χ2v) is 16.6. The maximum atomic E-state index is 6.17. The molecule has 0 saturated heterocycles. The lowest BCUT2D eigenvalue weighted by Crippen LogP contribution is -2.09. The molecule has 0 aliphatic carbocycles. The third kappa shape index (κ3) is 4.93. The van der Waals surface area contributed by atoms with E-state index in [9.17, 15) is 0 Å². The number of nitrogens with zero attached hydrogens (tertiary/aromatic N) is 1. The van der Waals surface area contributed by atoms with Gasteiger partial charge >= 0.3 is 0 Å². The topological polar surface area (TPSA) is 16.4 Å². The minimum atomic E-state index is 0.922. The van der Waals surface area contributed by atoms with Crippen LogP contribution in [-0.2, 0) is 0 Å². The highest BCUT2D eigenvalue weighted by Crippen LogP contribution is 2.47. The fraction of sp³-hybridized carbons (Fsp3) is 0. The summed E-state index contributed by atoms with van der Waals surface area (Å²) in [7, 11) is 0. The van der Waals surface area contributed by atoms with Crippen molar-refractivity contribution in [2.45, 2.75) is 0 Å². The standard InChI is InChI=1S/C52H31NOS2/c1-2-12-36(13-3-1)53(37-23-20-32-10-4-5-11-33(32)28-37)38-24-27-50-46(31-38)45-30-35(22-26-49(45)55-50)40-16-9-18-43-42-17-8-15-39(51(42)56-52(40)43)34-21-25-48-44(29-34)41-14-6-7-19-47(41)54-48/h1-31H. The number of hydrogen-bond acceptors (Lipinski definition) is 4. The van der Waals surface area contributed by atoms with Crippen LogP contribution in [0.2, 0.25) is 0 Å². The molecule has 3 aromatic heterocycles. The van der Waals surface area contributed by atoms with Crippen molar-refractivity contribution in [3.05, 3.63) is 188 Å². The molecular formula is C52H31NOS2. The molecular weight excluding hydrogens is 719 g/mol. The van der Waals surface area contributed by atoms with Crippen LogP contribution in [0, 0.1) is 0 Å². The van der Waals surface area contributed by atoms with Crippen LogP contribution < -0.4 is 4.90 Å². The van der Waals surface area contributed by atoms with Crippen molar-refractivity contribution in [3.8, 4) is 22.3 Å². The number of fused-ring (bicyclic) bond motifs is 10. The number of hydrogen-bond donors (Lipinski definition) is 0. The molecule has 262 valence electrons. The third-order valence-electron chi connectivity index (χ3n) is 11.2. The van der Waals surface area contributed by atoms with E-state index < -0.39 is 0 Å². The molecule has 0 aliphatic rings. The Morgan fingerprint density at radius 1 is 0.339 bits per heavy atom. The molecule has 0 radical (unpaired) electrons. The predicted octanol–water partition coefficient (Wildman–Crippen LogP) is 16.3. The first-order chi connectivity index (χ1) is 27.7. The molecule has 12 aromatic rings. The summed E-state index contributed by atoms with van der Waals surface area (Å²) in [6, 6.07) is 68.5. The monoisotopic (exact) mass is 749 g/mol. The Morgan fingerprint density at radius 2 is 0.929 bits per heavy atom. The molecule has 12 rings (SSSR count). The zero-order valence-corrected chi connectivity index (χ0v) is 31.7. The lowest BCUT2D eigenvalue weighted by Gasteiger charge is -2.26. The summed E-state index contributed by atoms with van der Waals surface area (Å²) < 4.78 is 11.4. The molecule has 4 heteroatoms. The van der Waals surface area contributed by atoms with E-state index in [2.05, 4.69) is 181 Å². The summed E-state index contributed by atoms with van der Waals surface area (Å²) in [6.07, 6.45) is 0. The van der Waals surface area contributed by atoms with Crippen molar-refractivity contribution in [1.29, 1.82) is 0 Å². The largest absolute Gasteiger partial charge is 0.456 e. The summed E-state index contributed by atoms with van der Waals surface area (Å²) in [4.78, 5) is 2.38. The van der Waals surface area contributed by atoms with Crippen molar-refractivity contribution >= 4 is 113 Å². The molecule has 0 aliphatic heterocycles. The van der Waals surface area contributed by atoms with Gasteiger partial charge in [0.25, 0.3) is 0 Å². The first-order valence-electron chi connectivity index (χ1n) is 18.9. The minimum Gasteiger partial charge on any atom is -0.456 e. The van der Waals surface area contributed by atoms with Gasteiger partial charge in [-0.05, 0) is 106 Å². The Kier molecular flexibility index (Phi) is 7.00. The van der Waals surface area contributed by atoms with Crippen LogP contribution in [0.15, 0.2) is 192 Å². The van der Waals surface area contributed by atoms with Gasteiger partial charge in [0.15, 0.2) is 0 Å². The average molecular weight is 750 g/mol. The SMILES string of the molecule is c1ccc(N(c2ccc3ccccc3c2)c2ccc3sc4ccc(-c5cccc6c5sc5c(-c7ccc8oc9ccccc9c8c7)cccc56)cc4c3c2)cc1. The van der Waals surface area contributed by atoms with E-state index in [-0.39, 0.29) is 0 Å². The van der Waals surface area contributed by atoms with E-state index in [4.69, 9.17) is 4.42 Å². The van der Waals surface area contributed by atoms with Crippen molar-refractivity contribution in [3.63, 3.8) is 0 Å². The van der Waals surface area contributed by atoms with Gasteiger partial charge in [-0.3, -0.25) is 0 Å². The Bertz CT molecular complexity index is 3500. The van der Waals surface area contributed by atoms with Gasteiger partial charge in [0.05, 0.1) is 0 Å². The second kappa shape index (κ2) is 12.4. The van der Waals surface area contributed by atoms with Crippen LogP contribution in [-0.4, -0.2) is 0 Å². The first kappa shape index (κ1) is 31.6. The highest BCUT2D eigenvalue weighted by Gasteiger charge is 2.18. The zero-order chi connectivity index (χ0) is 36.7. The molecule has 3 heterocycles. The molecule has 56 heavy (non-hydrogen) atoms. The molecule has 0 atom stereocenters. The Morgan fingerprint density at radius 3 is 1.73 bits per heavy atom. The lowest BCUT2D eigenvalue weighted by atomic mass is 9.98.